The molecule has 122 valence electrons. The van der Waals surface area contributed by atoms with Crippen LogP contribution in [0, 0.1) is 6.08 Å². The number of fused-ring (bicyclic) bond motifs is 1. The lowest BCUT2D eigenvalue weighted by molar-refractivity contribution is 0.702. The average molecular weight is 331 g/mol. The summed E-state index contributed by atoms with van der Waals surface area (Å²) in [6.45, 7) is 0. The molecule has 0 bridgehead atoms. The fourth-order valence-corrected chi connectivity index (χ4v) is 4.52. The maximum atomic E-state index is 3.35. The van der Waals surface area contributed by atoms with E-state index >= 15 is 0 Å². The van der Waals surface area contributed by atoms with E-state index in [9.17, 15) is 0 Å². The summed E-state index contributed by atoms with van der Waals surface area (Å²) in [4.78, 5) is 0. The minimum absolute atomic E-state index is 0.301. The first-order valence-corrected chi connectivity index (χ1v) is 9.09. The van der Waals surface area contributed by atoms with E-state index in [0.717, 1.165) is 6.42 Å². The van der Waals surface area contributed by atoms with Crippen molar-refractivity contribution in [1.29, 1.82) is 0 Å². The van der Waals surface area contributed by atoms with Crippen LogP contribution in [0.3, 0.4) is 0 Å². The second-order valence-corrected chi connectivity index (χ2v) is 6.90. The molecule has 0 nitrogen and oxygen atoms in total. The quantitative estimate of drug-likeness (QED) is 0.520. The van der Waals surface area contributed by atoms with E-state index in [4.69, 9.17) is 0 Å². The third kappa shape index (κ3) is 2.07. The molecule has 0 heterocycles. The SMILES string of the molecule is [C+]1=CC2=C(C=C1)Cc1ccccc1C2(c1ccccc1)c1ccccc1. The lowest BCUT2D eigenvalue weighted by Gasteiger charge is -2.39. The molecule has 0 amide bonds. The molecule has 0 spiro atoms. The van der Waals surface area contributed by atoms with Gasteiger partial charge in [-0.15, -0.1) is 0 Å². The van der Waals surface area contributed by atoms with Crippen LogP contribution in [0.5, 0.6) is 0 Å². The Bertz CT molecular complexity index is 994. The number of benzene rings is 3. The Hall–Kier alpha value is -3.21. The van der Waals surface area contributed by atoms with Crippen molar-refractivity contribution >= 4 is 0 Å². The lowest BCUT2D eigenvalue weighted by Crippen LogP contribution is -2.36. The molecule has 0 heteroatoms. The Kier molecular flexibility index (Phi) is 3.45. The molecule has 0 aliphatic heterocycles. The molecular weight excluding hydrogens is 312 g/mol. The van der Waals surface area contributed by atoms with Crippen molar-refractivity contribution in [3.63, 3.8) is 0 Å². The zero-order chi connectivity index (χ0) is 17.4. The van der Waals surface area contributed by atoms with Gasteiger partial charge in [0.25, 0.3) is 0 Å². The molecule has 26 heavy (non-hydrogen) atoms. The van der Waals surface area contributed by atoms with Crippen LogP contribution < -0.4 is 0 Å². The molecule has 2 aliphatic carbocycles. The molecule has 2 aliphatic rings. The van der Waals surface area contributed by atoms with E-state index in [0.29, 0.717) is 0 Å². The van der Waals surface area contributed by atoms with Gasteiger partial charge in [0, 0.05) is 12.5 Å². The van der Waals surface area contributed by atoms with Gasteiger partial charge in [-0.1, -0.05) is 84.9 Å². The molecule has 0 saturated heterocycles. The number of rotatable bonds is 2. The summed E-state index contributed by atoms with van der Waals surface area (Å²) < 4.78 is 0. The Morgan fingerprint density at radius 1 is 0.692 bits per heavy atom. The van der Waals surface area contributed by atoms with Crippen molar-refractivity contribution in [2.75, 3.05) is 0 Å². The summed E-state index contributed by atoms with van der Waals surface area (Å²) in [5.41, 5.74) is 7.82. The Morgan fingerprint density at radius 2 is 1.31 bits per heavy atom. The largest absolute Gasteiger partial charge is 0.117 e. The number of hydrogen-bond donors (Lipinski definition) is 0. The molecule has 0 fully saturated rings. The summed E-state index contributed by atoms with van der Waals surface area (Å²) in [7, 11) is 0. The second-order valence-electron chi connectivity index (χ2n) is 6.90. The fraction of sp³-hybridized carbons (Fsp3) is 0.0769. The summed E-state index contributed by atoms with van der Waals surface area (Å²) in [6, 6.07) is 30.7. The van der Waals surface area contributed by atoms with Crippen molar-refractivity contribution in [2.24, 2.45) is 0 Å². The lowest BCUT2D eigenvalue weighted by atomic mass is 9.59. The molecule has 0 aromatic heterocycles. The van der Waals surface area contributed by atoms with E-state index in [1.807, 2.05) is 6.08 Å². The van der Waals surface area contributed by atoms with Gasteiger partial charge in [0.1, 0.15) is 17.6 Å². The highest BCUT2D eigenvalue weighted by molar-refractivity contribution is 5.68. The van der Waals surface area contributed by atoms with E-state index in [1.54, 1.807) is 0 Å². The number of allylic oxidation sites excluding steroid dienone is 6. The van der Waals surface area contributed by atoms with E-state index in [1.165, 1.54) is 33.4 Å². The first-order chi connectivity index (χ1) is 12.9. The van der Waals surface area contributed by atoms with Gasteiger partial charge in [0.15, 0.2) is 0 Å². The van der Waals surface area contributed by atoms with Gasteiger partial charge < -0.3 is 0 Å². The van der Waals surface area contributed by atoms with Crippen LogP contribution in [-0.4, -0.2) is 0 Å². The summed E-state index contributed by atoms with van der Waals surface area (Å²) >= 11 is 0. The monoisotopic (exact) mass is 331 g/mol. The molecule has 3 aromatic carbocycles. The Balaban J connectivity index is 1.96. The van der Waals surface area contributed by atoms with Crippen molar-refractivity contribution in [3.05, 3.63) is 143 Å². The molecule has 0 N–H and O–H groups in total. The summed E-state index contributed by atoms with van der Waals surface area (Å²) in [5.74, 6) is 0. The minimum atomic E-state index is -0.301. The second kappa shape index (κ2) is 5.95. The maximum absolute atomic E-state index is 3.35. The fourth-order valence-electron chi connectivity index (χ4n) is 4.52. The zero-order valence-corrected chi connectivity index (χ0v) is 14.5. The van der Waals surface area contributed by atoms with Crippen LogP contribution in [0.25, 0.3) is 0 Å². The van der Waals surface area contributed by atoms with Crippen LogP contribution in [0.4, 0.5) is 0 Å². The van der Waals surface area contributed by atoms with Crippen molar-refractivity contribution in [2.45, 2.75) is 11.8 Å². The van der Waals surface area contributed by atoms with Gasteiger partial charge in [0.2, 0.25) is 0 Å². The topological polar surface area (TPSA) is 0 Å². The van der Waals surface area contributed by atoms with Crippen LogP contribution in [0.15, 0.2) is 114 Å². The van der Waals surface area contributed by atoms with E-state index in [-0.39, 0.29) is 5.41 Å². The molecule has 0 saturated carbocycles. The van der Waals surface area contributed by atoms with Crippen LogP contribution in [0.1, 0.15) is 22.3 Å². The van der Waals surface area contributed by atoms with Gasteiger partial charge in [-0.25, -0.2) is 0 Å². The van der Waals surface area contributed by atoms with E-state index in [2.05, 4.69) is 103 Å². The normalized spacial score (nSPS) is 16.6. The molecular formula is C26H19+. The first kappa shape index (κ1) is 15.1. The van der Waals surface area contributed by atoms with Crippen molar-refractivity contribution in [3.8, 4) is 0 Å². The third-order valence-corrected chi connectivity index (χ3v) is 5.57. The van der Waals surface area contributed by atoms with Crippen LogP contribution in [-0.2, 0) is 11.8 Å². The summed E-state index contributed by atoms with van der Waals surface area (Å²) in [5, 5.41) is 0. The first-order valence-electron chi connectivity index (χ1n) is 9.09. The zero-order valence-electron chi connectivity index (χ0n) is 14.5. The average Bonchev–Trinajstić information content (AvgIpc) is 2.73. The third-order valence-electron chi connectivity index (χ3n) is 5.57. The van der Waals surface area contributed by atoms with Gasteiger partial charge >= 0.3 is 0 Å². The Labute approximate surface area is 154 Å². The van der Waals surface area contributed by atoms with Gasteiger partial charge in [-0.3, -0.25) is 0 Å². The highest BCUT2D eigenvalue weighted by atomic mass is 14.4. The van der Waals surface area contributed by atoms with Crippen molar-refractivity contribution < 1.29 is 0 Å². The van der Waals surface area contributed by atoms with Gasteiger partial charge in [0.05, 0.1) is 17.2 Å². The minimum Gasteiger partial charge on any atom is -0.0622 e. The molecule has 0 radical (unpaired) electrons. The highest BCUT2D eigenvalue weighted by Gasteiger charge is 2.48. The number of hydrogen-bond acceptors (Lipinski definition) is 0. The van der Waals surface area contributed by atoms with Crippen molar-refractivity contribution in [1.82, 2.24) is 0 Å². The van der Waals surface area contributed by atoms with Crippen LogP contribution in [0.2, 0.25) is 0 Å². The Morgan fingerprint density at radius 3 is 2.00 bits per heavy atom. The summed E-state index contributed by atoms with van der Waals surface area (Å²) in [6.07, 6.45) is 10.8. The molecule has 3 aromatic rings. The molecule has 0 unspecified atom stereocenters. The van der Waals surface area contributed by atoms with Gasteiger partial charge in [-0.2, -0.15) is 0 Å². The molecule has 0 atom stereocenters. The van der Waals surface area contributed by atoms with Crippen LogP contribution >= 0.6 is 0 Å². The highest BCUT2D eigenvalue weighted by Crippen LogP contribution is 2.51. The smallest absolute Gasteiger partial charge is 0.0622 e. The maximum Gasteiger partial charge on any atom is 0.117 e. The standard InChI is InChI=1S/C26H19/c1-3-13-22(14-4-1)26(23-15-5-2-6-16-23)24-17-9-7-11-20(24)19-21-12-8-10-18-25(21)26/h1-9,11-18H,19H2/q+1. The predicted molar refractivity (Wildman–Crippen MR) is 107 cm³/mol. The predicted octanol–water partition coefficient (Wildman–Crippen LogP) is 5.80. The van der Waals surface area contributed by atoms with Gasteiger partial charge in [-0.05, 0) is 22.3 Å². The molecule has 5 rings (SSSR count). The van der Waals surface area contributed by atoms with E-state index < -0.39 is 0 Å².